The molecular weight excluding hydrogens is 163 g/mol. The molecule has 0 spiro atoms. The lowest BCUT2D eigenvalue weighted by Crippen LogP contribution is -2.16. The summed E-state index contributed by atoms with van der Waals surface area (Å²) in [5.74, 6) is -0.0770. The lowest BCUT2D eigenvalue weighted by molar-refractivity contribution is 0.517. The molecule has 0 radical (unpaired) electrons. The van der Waals surface area contributed by atoms with E-state index in [4.69, 9.17) is 0 Å². The van der Waals surface area contributed by atoms with Crippen molar-refractivity contribution in [1.29, 1.82) is 0 Å². The largest absolute Gasteiger partial charge is 0.207 e. The Bertz CT molecular complexity index is 294. The second-order valence-corrected chi connectivity index (χ2v) is 4.38. The van der Waals surface area contributed by atoms with Gasteiger partial charge in [-0.2, -0.15) is 0 Å². The molecule has 1 rings (SSSR count). The standard InChI is InChI=1S/C12H17F/c1-5-9-7-6-8-10(13)11(9)12(2,3)4/h6-8H,5H2,1-4H3. The van der Waals surface area contributed by atoms with Crippen LogP contribution in [0.1, 0.15) is 38.8 Å². The maximum absolute atomic E-state index is 13.5. The van der Waals surface area contributed by atoms with E-state index in [-0.39, 0.29) is 11.2 Å². The van der Waals surface area contributed by atoms with Crippen molar-refractivity contribution in [2.45, 2.75) is 39.5 Å². The van der Waals surface area contributed by atoms with E-state index in [0.29, 0.717) is 0 Å². The number of rotatable bonds is 1. The Morgan fingerprint density at radius 3 is 2.23 bits per heavy atom. The molecule has 1 aromatic rings. The van der Waals surface area contributed by atoms with Crippen LogP contribution in [0.15, 0.2) is 18.2 Å². The molecule has 0 heterocycles. The van der Waals surface area contributed by atoms with E-state index in [0.717, 1.165) is 17.5 Å². The van der Waals surface area contributed by atoms with Crippen molar-refractivity contribution in [2.24, 2.45) is 0 Å². The second-order valence-electron chi connectivity index (χ2n) is 4.38. The van der Waals surface area contributed by atoms with E-state index >= 15 is 0 Å². The minimum absolute atomic E-state index is 0.0770. The van der Waals surface area contributed by atoms with Crippen molar-refractivity contribution >= 4 is 0 Å². The maximum Gasteiger partial charge on any atom is 0.127 e. The SMILES string of the molecule is CCc1cccc(F)c1C(C)(C)C. The van der Waals surface area contributed by atoms with Gasteiger partial charge in [0.2, 0.25) is 0 Å². The molecule has 0 saturated carbocycles. The van der Waals surface area contributed by atoms with Crippen LogP contribution in [0.2, 0.25) is 0 Å². The molecule has 0 aliphatic carbocycles. The van der Waals surface area contributed by atoms with Gasteiger partial charge in [-0.3, -0.25) is 0 Å². The van der Waals surface area contributed by atoms with Gasteiger partial charge in [0.15, 0.2) is 0 Å². The van der Waals surface area contributed by atoms with E-state index in [9.17, 15) is 4.39 Å². The molecule has 0 aromatic heterocycles. The van der Waals surface area contributed by atoms with E-state index < -0.39 is 0 Å². The van der Waals surface area contributed by atoms with Gasteiger partial charge in [0.25, 0.3) is 0 Å². The highest BCUT2D eigenvalue weighted by Crippen LogP contribution is 2.28. The first-order valence-corrected chi connectivity index (χ1v) is 4.74. The van der Waals surface area contributed by atoms with E-state index in [2.05, 4.69) is 6.92 Å². The quantitative estimate of drug-likeness (QED) is 0.618. The van der Waals surface area contributed by atoms with Gasteiger partial charge >= 0.3 is 0 Å². The monoisotopic (exact) mass is 180 g/mol. The molecule has 0 nitrogen and oxygen atoms in total. The Hall–Kier alpha value is -0.850. The summed E-state index contributed by atoms with van der Waals surface area (Å²) >= 11 is 0. The minimum atomic E-state index is -0.101. The average Bonchev–Trinajstić information content (AvgIpc) is 2.01. The first-order chi connectivity index (χ1) is 5.96. The van der Waals surface area contributed by atoms with Crippen LogP contribution in [-0.4, -0.2) is 0 Å². The molecular formula is C12H17F. The fourth-order valence-corrected chi connectivity index (χ4v) is 1.70. The summed E-state index contributed by atoms with van der Waals surface area (Å²) in [4.78, 5) is 0. The highest BCUT2D eigenvalue weighted by molar-refractivity contribution is 5.34. The molecule has 1 heteroatoms. The number of hydrogen-bond acceptors (Lipinski definition) is 0. The van der Waals surface area contributed by atoms with Crippen LogP contribution < -0.4 is 0 Å². The summed E-state index contributed by atoms with van der Waals surface area (Å²) in [5, 5.41) is 0. The lowest BCUT2D eigenvalue weighted by Gasteiger charge is -2.23. The third kappa shape index (κ3) is 2.09. The molecule has 1 aromatic carbocycles. The van der Waals surface area contributed by atoms with Gasteiger partial charge in [0, 0.05) is 0 Å². The Balaban J connectivity index is 3.32. The first-order valence-electron chi connectivity index (χ1n) is 4.74. The van der Waals surface area contributed by atoms with Crippen molar-refractivity contribution in [2.75, 3.05) is 0 Å². The molecule has 0 saturated heterocycles. The van der Waals surface area contributed by atoms with E-state index in [1.807, 2.05) is 26.8 Å². The predicted molar refractivity (Wildman–Crippen MR) is 54.5 cm³/mol. The molecule has 0 fully saturated rings. The van der Waals surface area contributed by atoms with Crippen molar-refractivity contribution in [3.8, 4) is 0 Å². The smallest absolute Gasteiger partial charge is 0.127 e. The normalized spacial score (nSPS) is 11.8. The van der Waals surface area contributed by atoms with Crippen molar-refractivity contribution in [3.63, 3.8) is 0 Å². The van der Waals surface area contributed by atoms with Crippen LogP contribution in [0.4, 0.5) is 4.39 Å². The Labute approximate surface area is 79.8 Å². The van der Waals surface area contributed by atoms with Crippen LogP contribution in [-0.2, 0) is 11.8 Å². The third-order valence-corrected chi connectivity index (χ3v) is 2.23. The summed E-state index contributed by atoms with van der Waals surface area (Å²) in [6.07, 6.45) is 0.893. The molecule has 0 aliphatic rings. The Kier molecular flexibility index (Phi) is 2.74. The molecule has 0 atom stereocenters. The van der Waals surface area contributed by atoms with Gasteiger partial charge in [-0.1, -0.05) is 39.8 Å². The molecule has 72 valence electrons. The van der Waals surface area contributed by atoms with Gasteiger partial charge < -0.3 is 0 Å². The first kappa shape index (κ1) is 10.2. The molecule has 0 unspecified atom stereocenters. The highest BCUT2D eigenvalue weighted by Gasteiger charge is 2.20. The van der Waals surface area contributed by atoms with Crippen molar-refractivity contribution in [1.82, 2.24) is 0 Å². The summed E-state index contributed by atoms with van der Waals surface area (Å²) in [5.41, 5.74) is 1.88. The van der Waals surface area contributed by atoms with Gasteiger partial charge in [-0.25, -0.2) is 4.39 Å². The fraction of sp³-hybridized carbons (Fsp3) is 0.500. The zero-order valence-corrected chi connectivity index (χ0v) is 8.82. The van der Waals surface area contributed by atoms with E-state index in [1.165, 1.54) is 0 Å². The van der Waals surface area contributed by atoms with Crippen LogP contribution >= 0.6 is 0 Å². The second kappa shape index (κ2) is 3.49. The zero-order valence-electron chi connectivity index (χ0n) is 8.82. The summed E-state index contributed by atoms with van der Waals surface area (Å²) in [6, 6.07) is 5.33. The van der Waals surface area contributed by atoms with Gasteiger partial charge in [0.05, 0.1) is 0 Å². The molecule has 0 amide bonds. The Morgan fingerprint density at radius 2 is 1.85 bits per heavy atom. The Morgan fingerprint density at radius 1 is 1.23 bits per heavy atom. The summed E-state index contributed by atoms with van der Waals surface area (Å²) < 4.78 is 13.5. The molecule has 0 bridgehead atoms. The fourth-order valence-electron chi connectivity index (χ4n) is 1.70. The van der Waals surface area contributed by atoms with Gasteiger partial charge in [-0.05, 0) is 29.0 Å². The van der Waals surface area contributed by atoms with Crippen molar-refractivity contribution < 1.29 is 4.39 Å². The molecule has 0 N–H and O–H groups in total. The van der Waals surface area contributed by atoms with Crippen LogP contribution in [0.25, 0.3) is 0 Å². The lowest BCUT2D eigenvalue weighted by atomic mass is 9.83. The van der Waals surface area contributed by atoms with E-state index in [1.54, 1.807) is 12.1 Å². The van der Waals surface area contributed by atoms with Crippen molar-refractivity contribution in [3.05, 3.63) is 35.1 Å². The zero-order chi connectivity index (χ0) is 10.1. The average molecular weight is 180 g/mol. The molecule has 0 aliphatic heterocycles. The third-order valence-electron chi connectivity index (χ3n) is 2.23. The number of halogens is 1. The maximum atomic E-state index is 13.5. The summed E-state index contributed by atoms with van der Waals surface area (Å²) in [6.45, 7) is 8.20. The topological polar surface area (TPSA) is 0 Å². The molecule has 13 heavy (non-hydrogen) atoms. The van der Waals surface area contributed by atoms with Crippen LogP contribution in [0.3, 0.4) is 0 Å². The predicted octanol–water partition coefficient (Wildman–Crippen LogP) is 3.69. The van der Waals surface area contributed by atoms with Crippen LogP contribution in [0, 0.1) is 5.82 Å². The van der Waals surface area contributed by atoms with Gasteiger partial charge in [0.1, 0.15) is 5.82 Å². The summed E-state index contributed by atoms with van der Waals surface area (Å²) in [7, 11) is 0. The minimum Gasteiger partial charge on any atom is -0.207 e. The number of benzene rings is 1. The number of aryl methyl sites for hydroxylation is 1. The highest BCUT2D eigenvalue weighted by atomic mass is 19.1. The van der Waals surface area contributed by atoms with Gasteiger partial charge in [-0.15, -0.1) is 0 Å². The van der Waals surface area contributed by atoms with Crippen LogP contribution in [0.5, 0.6) is 0 Å². The number of hydrogen-bond donors (Lipinski definition) is 0.